The lowest BCUT2D eigenvalue weighted by Crippen LogP contribution is -2.33. The van der Waals surface area contributed by atoms with E-state index in [1.54, 1.807) is 18.2 Å². The number of hydrogen-bond acceptors (Lipinski definition) is 3. The normalized spacial score (nSPS) is 19.5. The lowest BCUT2D eigenvalue weighted by molar-refractivity contribution is 0.0124. The summed E-state index contributed by atoms with van der Waals surface area (Å²) in [6.45, 7) is 2.97. The zero-order chi connectivity index (χ0) is 16.8. The van der Waals surface area contributed by atoms with Crippen molar-refractivity contribution in [1.29, 1.82) is 0 Å². The second-order valence-corrected chi connectivity index (χ2v) is 6.42. The summed E-state index contributed by atoms with van der Waals surface area (Å²) in [5.74, 6) is 0.273. The molecular formula is C20H24FNO2. The number of aliphatic hydroxyl groups excluding tert-OH is 1. The molecule has 3 nitrogen and oxygen atoms in total. The highest BCUT2D eigenvalue weighted by Gasteiger charge is 2.25. The van der Waals surface area contributed by atoms with Crippen molar-refractivity contribution >= 4 is 0 Å². The van der Waals surface area contributed by atoms with E-state index in [4.69, 9.17) is 4.74 Å². The molecule has 0 spiro atoms. The smallest absolute Gasteiger partial charge is 0.128 e. The number of halogens is 1. The molecule has 0 unspecified atom stereocenters. The molecule has 0 aliphatic carbocycles. The van der Waals surface area contributed by atoms with Crippen LogP contribution in [0.3, 0.4) is 0 Å². The zero-order valence-electron chi connectivity index (χ0n) is 13.8. The molecule has 1 fully saturated rings. The summed E-state index contributed by atoms with van der Waals surface area (Å²) in [6.07, 6.45) is 0.568. The van der Waals surface area contributed by atoms with Gasteiger partial charge < -0.3 is 14.7 Å². The maximum Gasteiger partial charge on any atom is 0.128 e. The van der Waals surface area contributed by atoms with Crippen molar-refractivity contribution in [3.63, 3.8) is 0 Å². The van der Waals surface area contributed by atoms with Gasteiger partial charge in [-0.3, -0.25) is 0 Å². The van der Waals surface area contributed by atoms with Crippen molar-refractivity contribution in [3.05, 3.63) is 71.5 Å². The van der Waals surface area contributed by atoms with Crippen LogP contribution in [0.4, 0.5) is 4.39 Å². The summed E-state index contributed by atoms with van der Waals surface area (Å²) < 4.78 is 19.0. The Morgan fingerprint density at radius 1 is 1.12 bits per heavy atom. The van der Waals surface area contributed by atoms with Gasteiger partial charge in [0.1, 0.15) is 5.82 Å². The van der Waals surface area contributed by atoms with E-state index in [2.05, 4.69) is 29.2 Å². The minimum absolute atomic E-state index is 0.191. The number of rotatable bonds is 7. The molecule has 2 atom stereocenters. The van der Waals surface area contributed by atoms with Gasteiger partial charge in [-0.05, 0) is 30.5 Å². The fourth-order valence-electron chi connectivity index (χ4n) is 3.27. The second-order valence-electron chi connectivity index (χ2n) is 6.42. The van der Waals surface area contributed by atoms with E-state index in [-0.39, 0.29) is 19.0 Å². The molecule has 24 heavy (non-hydrogen) atoms. The Kier molecular flexibility index (Phi) is 5.96. The summed E-state index contributed by atoms with van der Waals surface area (Å²) in [5.41, 5.74) is 1.89. The molecule has 0 bridgehead atoms. The molecule has 2 aromatic carbocycles. The van der Waals surface area contributed by atoms with E-state index in [9.17, 15) is 9.50 Å². The summed E-state index contributed by atoms with van der Waals surface area (Å²) in [7, 11) is 0. The molecule has 0 saturated carbocycles. The quantitative estimate of drug-likeness (QED) is 0.847. The van der Waals surface area contributed by atoms with Crippen molar-refractivity contribution < 1.29 is 14.2 Å². The van der Waals surface area contributed by atoms with Crippen molar-refractivity contribution in [2.45, 2.75) is 25.0 Å². The maximum absolute atomic E-state index is 13.5. The average Bonchev–Trinajstić information content (AvgIpc) is 3.06. The lowest BCUT2D eigenvalue weighted by Gasteiger charge is -2.20. The molecule has 0 amide bonds. The molecule has 0 aromatic heterocycles. The molecule has 3 rings (SSSR count). The SMILES string of the molecule is O[C@H](COCc1ccccc1F)CN1CC[C@@H](c2ccccc2)C1. The number of hydrogen-bond donors (Lipinski definition) is 1. The second kappa shape index (κ2) is 8.38. The first-order chi connectivity index (χ1) is 11.7. The molecule has 1 aliphatic rings. The van der Waals surface area contributed by atoms with E-state index < -0.39 is 6.10 Å². The molecule has 1 saturated heterocycles. The Morgan fingerprint density at radius 3 is 2.67 bits per heavy atom. The highest BCUT2D eigenvalue weighted by atomic mass is 19.1. The minimum atomic E-state index is -0.550. The number of β-amino-alcohol motifs (C(OH)–C–C–N with tert-alkyl or cyclic N) is 1. The monoisotopic (exact) mass is 329 g/mol. The third-order valence-electron chi connectivity index (χ3n) is 4.54. The van der Waals surface area contributed by atoms with Crippen molar-refractivity contribution in [1.82, 2.24) is 4.90 Å². The van der Waals surface area contributed by atoms with Crippen LogP contribution in [0.25, 0.3) is 0 Å². The van der Waals surface area contributed by atoms with Gasteiger partial charge in [0, 0.05) is 18.7 Å². The van der Waals surface area contributed by atoms with Crippen LogP contribution in [-0.2, 0) is 11.3 Å². The van der Waals surface area contributed by atoms with E-state index in [1.807, 2.05) is 6.07 Å². The Morgan fingerprint density at radius 2 is 1.88 bits per heavy atom. The third-order valence-corrected chi connectivity index (χ3v) is 4.54. The molecule has 4 heteroatoms. The van der Waals surface area contributed by atoms with Crippen LogP contribution >= 0.6 is 0 Å². The molecule has 128 valence electrons. The first-order valence-corrected chi connectivity index (χ1v) is 8.49. The van der Waals surface area contributed by atoms with Gasteiger partial charge in [-0.15, -0.1) is 0 Å². The predicted molar refractivity (Wildman–Crippen MR) is 92.3 cm³/mol. The van der Waals surface area contributed by atoms with Gasteiger partial charge in [-0.25, -0.2) is 4.39 Å². The van der Waals surface area contributed by atoms with Gasteiger partial charge in [-0.1, -0.05) is 48.5 Å². The highest BCUT2D eigenvalue weighted by Crippen LogP contribution is 2.26. The van der Waals surface area contributed by atoms with Gasteiger partial charge in [0.25, 0.3) is 0 Å². The van der Waals surface area contributed by atoms with Crippen molar-refractivity contribution in [2.75, 3.05) is 26.2 Å². The summed E-state index contributed by atoms with van der Waals surface area (Å²) in [4.78, 5) is 2.27. The molecular weight excluding hydrogens is 305 g/mol. The van der Waals surface area contributed by atoms with E-state index in [1.165, 1.54) is 11.6 Å². The van der Waals surface area contributed by atoms with Crippen molar-refractivity contribution in [2.24, 2.45) is 0 Å². The van der Waals surface area contributed by atoms with Crippen molar-refractivity contribution in [3.8, 4) is 0 Å². The minimum Gasteiger partial charge on any atom is -0.389 e. The van der Waals surface area contributed by atoms with E-state index in [0.29, 0.717) is 18.0 Å². The number of benzene rings is 2. The van der Waals surface area contributed by atoms with Gasteiger partial charge in [0.05, 0.1) is 19.3 Å². The van der Waals surface area contributed by atoms with Crippen LogP contribution in [0.1, 0.15) is 23.5 Å². The zero-order valence-corrected chi connectivity index (χ0v) is 13.8. The summed E-state index contributed by atoms with van der Waals surface area (Å²) in [5, 5.41) is 10.2. The number of aliphatic hydroxyl groups is 1. The molecule has 1 heterocycles. The van der Waals surface area contributed by atoms with E-state index in [0.717, 1.165) is 19.5 Å². The number of ether oxygens (including phenoxy) is 1. The Labute approximate surface area is 142 Å². The molecule has 0 radical (unpaired) electrons. The topological polar surface area (TPSA) is 32.7 Å². The van der Waals surface area contributed by atoms with Gasteiger partial charge in [0.2, 0.25) is 0 Å². The van der Waals surface area contributed by atoms with Crippen LogP contribution in [0.5, 0.6) is 0 Å². The van der Waals surface area contributed by atoms with Crippen LogP contribution in [0, 0.1) is 5.82 Å². The maximum atomic E-state index is 13.5. The van der Waals surface area contributed by atoms with E-state index >= 15 is 0 Å². The van der Waals surface area contributed by atoms with Gasteiger partial charge in [0.15, 0.2) is 0 Å². The predicted octanol–water partition coefficient (Wildman–Crippen LogP) is 3.19. The Hall–Kier alpha value is -1.75. The lowest BCUT2D eigenvalue weighted by atomic mass is 9.99. The molecule has 2 aromatic rings. The van der Waals surface area contributed by atoms with Gasteiger partial charge >= 0.3 is 0 Å². The highest BCUT2D eigenvalue weighted by molar-refractivity contribution is 5.21. The average molecular weight is 329 g/mol. The first kappa shape index (κ1) is 17.1. The molecule has 1 aliphatic heterocycles. The fourth-order valence-corrected chi connectivity index (χ4v) is 3.27. The Bertz CT molecular complexity index is 635. The van der Waals surface area contributed by atoms with Gasteiger partial charge in [-0.2, -0.15) is 0 Å². The van der Waals surface area contributed by atoms with Crippen LogP contribution in [0.2, 0.25) is 0 Å². The summed E-state index contributed by atoms with van der Waals surface area (Å²) in [6, 6.07) is 17.1. The van der Waals surface area contributed by atoms with Crippen LogP contribution < -0.4 is 0 Å². The summed E-state index contributed by atoms with van der Waals surface area (Å²) >= 11 is 0. The first-order valence-electron chi connectivity index (χ1n) is 8.49. The molecule has 1 N–H and O–H groups in total. The Balaban J connectivity index is 1.40. The number of nitrogens with zero attached hydrogens (tertiary/aromatic N) is 1. The largest absolute Gasteiger partial charge is 0.389 e. The number of likely N-dealkylation sites (tertiary alicyclic amines) is 1. The third kappa shape index (κ3) is 4.63. The van der Waals surface area contributed by atoms with Crippen LogP contribution in [0.15, 0.2) is 54.6 Å². The van der Waals surface area contributed by atoms with Crippen LogP contribution in [-0.4, -0.2) is 42.4 Å². The standard InChI is InChI=1S/C20H24FNO2/c21-20-9-5-4-8-18(20)14-24-15-19(23)13-22-11-10-17(12-22)16-6-2-1-3-7-16/h1-9,17,19,23H,10-15H2/t17-,19+/m1/s1. The fraction of sp³-hybridized carbons (Fsp3) is 0.400.